The molecule has 0 heterocycles. The second-order valence-corrected chi connectivity index (χ2v) is 21.1. The number of hydrogen-bond donors (Lipinski definition) is 12. The third kappa shape index (κ3) is 48.0. The number of aliphatic hydroxyl groups excluding tert-OH is 2. The van der Waals surface area contributed by atoms with E-state index in [2.05, 4.69) is 17.6 Å². The van der Waals surface area contributed by atoms with Crippen LogP contribution < -0.4 is 56.5 Å². The predicted molar refractivity (Wildman–Crippen MR) is 277 cm³/mol. The molecule has 20 N–H and O–H groups in total. The van der Waals surface area contributed by atoms with Crippen molar-refractivity contribution in [1.29, 1.82) is 0 Å². The molecule has 10 aliphatic rings. The van der Waals surface area contributed by atoms with Gasteiger partial charge in [-0.2, -0.15) is 0 Å². The molecule has 64 heavy (non-hydrogen) atoms. The van der Waals surface area contributed by atoms with E-state index in [0.717, 1.165) is 30.5 Å². The highest BCUT2D eigenvalue weighted by Gasteiger charge is 2.29. The molecule has 10 aliphatic carbocycles. The molecule has 10 saturated carbocycles. The van der Waals surface area contributed by atoms with Crippen LogP contribution in [0.3, 0.4) is 0 Å². The number of aliphatic hydroxyl groups is 2. The lowest BCUT2D eigenvalue weighted by Crippen LogP contribution is -2.27. The lowest BCUT2D eigenvalue weighted by Gasteiger charge is -2.18. The van der Waals surface area contributed by atoms with Gasteiger partial charge in [0, 0.05) is 67.5 Å². The summed E-state index contributed by atoms with van der Waals surface area (Å²) in [4.78, 5) is 0. The first-order valence-electron chi connectivity index (χ1n) is 27.6. The molecule has 10 rings (SSSR count). The second-order valence-electron chi connectivity index (χ2n) is 21.1. The molecule has 0 radical (unpaired) electrons. The molecule has 0 spiro atoms. The van der Waals surface area contributed by atoms with Gasteiger partial charge in [0.15, 0.2) is 0 Å². The number of nitrogens with two attached hydrogens (primary N) is 8. The lowest BCUT2D eigenvalue weighted by atomic mass is 9.95. The Bertz CT molecular complexity index is 919. The van der Waals surface area contributed by atoms with Gasteiger partial charge >= 0.3 is 0 Å². The van der Waals surface area contributed by atoms with Gasteiger partial charge in [0.05, 0.1) is 13.2 Å². The predicted octanol–water partition coefficient (Wildman–Crippen LogP) is 7.06. The van der Waals surface area contributed by atoms with E-state index in [1.807, 2.05) is 0 Å². The zero-order chi connectivity index (χ0) is 47.0. The van der Waals surface area contributed by atoms with Gasteiger partial charge in [-0.1, -0.05) is 96.3 Å². The molecule has 0 bridgehead atoms. The van der Waals surface area contributed by atoms with Crippen LogP contribution in [-0.4, -0.2) is 97.4 Å². The minimum atomic E-state index is 0.139. The van der Waals surface area contributed by atoms with Crippen LogP contribution in [0.15, 0.2) is 0 Å². The first-order valence-corrected chi connectivity index (χ1v) is 27.6. The summed E-state index contributed by atoms with van der Waals surface area (Å²) in [5.41, 5.74) is 44.0. The van der Waals surface area contributed by atoms with Crippen molar-refractivity contribution < 1.29 is 10.2 Å². The van der Waals surface area contributed by atoms with Gasteiger partial charge in [0.2, 0.25) is 0 Å². The Kier molecular flexibility index (Phi) is 41.0. The summed E-state index contributed by atoms with van der Waals surface area (Å²) in [6.45, 7) is 4.42. The summed E-state index contributed by atoms with van der Waals surface area (Å²) < 4.78 is 0. The topological polar surface area (TPSA) is 273 Å². The summed E-state index contributed by atoms with van der Waals surface area (Å²) in [5, 5.41) is 22.6. The van der Waals surface area contributed by atoms with Gasteiger partial charge in [0.25, 0.3) is 0 Å². The maximum absolute atomic E-state index is 8.15. The van der Waals surface area contributed by atoms with Crippen molar-refractivity contribution in [3.8, 4) is 0 Å². The van der Waals surface area contributed by atoms with E-state index in [4.69, 9.17) is 56.1 Å². The lowest BCUT2D eigenvalue weighted by molar-refractivity contribution is 0.266. The van der Waals surface area contributed by atoms with Crippen LogP contribution in [0.25, 0.3) is 0 Å². The molecule has 0 aliphatic heterocycles. The minimum Gasteiger partial charge on any atom is -0.395 e. The van der Waals surface area contributed by atoms with Crippen LogP contribution in [0, 0.1) is 11.8 Å². The molecule has 1 atom stereocenters. The summed E-state index contributed by atoms with van der Waals surface area (Å²) in [7, 11) is 0. The molecule has 0 aromatic rings. The zero-order valence-corrected chi connectivity index (χ0v) is 42.1. The highest BCUT2D eigenvalue weighted by atomic mass is 16.3. The van der Waals surface area contributed by atoms with Gasteiger partial charge in [-0.3, -0.25) is 0 Å². The normalized spacial score (nSPS) is 24.2. The number of hydrogen-bond acceptors (Lipinski definition) is 12. The van der Waals surface area contributed by atoms with Crippen LogP contribution in [0.1, 0.15) is 232 Å². The van der Waals surface area contributed by atoms with Gasteiger partial charge in [0.1, 0.15) is 0 Å². The van der Waals surface area contributed by atoms with Gasteiger partial charge in [-0.05, 0) is 154 Å². The third-order valence-corrected chi connectivity index (χ3v) is 13.5. The van der Waals surface area contributed by atoms with E-state index in [-0.39, 0.29) is 13.2 Å². The van der Waals surface area contributed by atoms with Gasteiger partial charge < -0.3 is 66.7 Å². The van der Waals surface area contributed by atoms with Crippen molar-refractivity contribution >= 4 is 0 Å². The molecule has 384 valence electrons. The molecule has 12 nitrogen and oxygen atoms in total. The number of nitrogens with one attached hydrogen (secondary N) is 2. The van der Waals surface area contributed by atoms with Gasteiger partial charge in [-0.25, -0.2) is 0 Å². The fraction of sp³-hybridized carbons (Fsp3) is 1.00. The maximum Gasteiger partial charge on any atom is 0.0555 e. The summed E-state index contributed by atoms with van der Waals surface area (Å²) in [6.07, 6.45) is 47.2. The highest BCUT2D eigenvalue weighted by Crippen LogP contribution is 2.31. The highest BCUT2D eigenvalue weighted by molar-refractivity contribution is 4.90. The Balaban J connectivity index is 0.000000358. The van der Waals surface area contributed by atoms with E-state index in [1.54, 1.807) is 0 Å². The summed E-state index contributed by atoms with van der Waals surface area (Å²) in [6, 6.07) is 5.61. The maximum atomic E-state index is 8.15. The van der Waals surface area contributed by atoms with Crippen LogP contribution in [0.4, 0.5) is 0 Å². The third-order valence-electron chi connectivity index (χ3n) is 13.5. The summed E-state index contributed by atoms with van der Waals surface area (Å²) >= 11 is 0. The van der Waals surface area contributed by atoms with Crippen molar-refractivity contribution in [2.45, 2.75) is 286 Å². The molecule has 1 unspecified atom stereocenters. The molecule has 10 fully saturated rings. The molecule has 0 saturated heterocycles. The van der Waals surface area contributed by atoms with Crippen LogP contribution in [-0.2, 0) is 0 Å². The Hall–Kier alpha value is -0.480. The fourth-order valence-corrected chi connectivity index (χ4v) is 7.52. The Labute approximate surface area is 396 Å². The minimum absolute atomic E-state index is 0.139. The molecular weight excluding hydrogens is 797 g/mol. The SMILES string of the molecule is C1CC1NC1CC1.CC(N)C1CC1.NC1CC1.NC1CCC1.NC1CCCC1.NC1CCCCC1.NC1CCCCCC1.NC1CCCCCCC1.NCC1CC1.OCCNCCO. The first kappa shape index (κ1) is 61.5. The average Bonchev–Trinajstić information content (AvgIpc) is 4.05. The van der Waals surface area contributed by atoms with E-state index in [9.17, 15) is 0 Å². The van der Waals surface area contributed by atoms with Crippen molar-refractivity contribution in [1.82, 2.24) is 10.6 Å². The van der Waals surface area contributed by atoms with Crippen molar-refractivity contribution in [2.75, 3.05) is 32.8 Å². The van der Waals surface area contributed by atoms with Crippen molar-refractivity contribution in [3.63, 3.8) is 0 Å². The number of rotatable bonds is 8. The average molecular weight is 912 g/mol. The van der Waals surface area contributed by atoms with E-state index in [1.165, 1.54) is 225 Å². The van der Waals surface area contributed by atoms with Gasteiger partial charge in [-0.15, -0.1) is 0 Å². The van der Waals surface area contributed by atoms with E-state index < -0.39 is 0 Å². The monoisotopic (exact) mass is 911 g/mol. The molecular formula is C52H114N10O2. The first-order chi connectivity index (χ1) is 31.0. The fourth-order valence-electron chi connectivity index (χ4n) is 7.52. The Morgan fingerprint density at radius 3 is 0.828 bits per heavy atom. The van der Waals surface area contributed by atoms with Crippen molar-refractivity contribution in [3.05, 3.63) is 0 Å². The van der Waals surface area contributed by atoms with E-state index >= 15 is 0 Å². The molecule has 0 amide bonds. The van der Waals surface area contributed by atoms with Crippen LogP contribution in [0.5, 0.6) is 0 Å². The Morgan fingerprint density at radius 1 is 0.391 bits per heavy atom. The zero-order valence-electron chi connectivity index (χ0n) is 42.1. The molecule has 0 aromatic carbocycles. The molecule has 0 aromatic heterocycles. The Morgan fingerprint density at radius 2 is 0.656 bits per heavy atom. The smallest absolute Gasteiger partial charge is 0.0555 e. The van der Waals surface area contributed by atoms with Crippen molar-refractivity contribution in [2.24, 2.45) is 57.7 Å². The quantitative estimate of drug-likeness (QED) is 0.0862. The standard InChI is InChI=1S/C8H17N.C7H15N.C6H11N.C6H13N.2C5H11N.C4H11NO2.2C4H9N.C3H7N/c9-8-6-4-2-1-3-5-7-8;8-7-5-3-1-2-4-6-7;1-2-5(1)7-6-3-4-6;7-6-4-2-1-3-5-6;1-4(6)5-2-3-5;6-5-3-1-2-4-5;6-3-1-5-2-4-7;5-3-4-1-2-4;5-4-2-1-3-4;4-3-1-2-3/h8H,1-7,9H2;7H,1-6,8H2;5-7H,1-4H2;6H,1-5,7H2;4-5H,2-3,6H2,1H3;5H,1-4,6H2;5-7H,1-4H2;2*4H,1-3,5H2;3H,1-2,4H2. The molecule has 12 heteroatoms. The summed E-state index contributed by atoms with van der Waals surface area (Å²) in [5.74, 6) is 1.79. The van der Waals surface area contributed by atoms with Crippen LogP contribution in [0.2, 0.25) is 0 Å². The second kappa shape index (κ2) is 42.6. The van der Waals surface area contributed by atoms with Crippen LogP contribution >= 0.6 is 0 Å². The largest absolute Gasteiger partial charge is 0.395 e. The van der Waals surface area contributed by atoms with E-state index in [0.29, 0.717) is 55.4 Å².